The highest BCUT2D eigenvalue weighted by Crippen LogP contribution is 2.20. The van der Waals surface area contributed by atoms with Gasteiger partial charge in [-0.25, -0.2) is 0 Å². The SMILES string of the molecule is Cc1cccc(C=O)c1CN(C)C(CCC=O)C(=O)N(C)SF. The van der Waals surface area contributed by atoms with Gasteiger partial charge < -0.3 is 4.79 Å². The Kier molecular flexibility index (Phi) is 7.91. The normalized spacial score (nSPS) is 12.0. The van der Waals surface area contributed by atoms with E-state index in [-0.39, 0.29) is 18.8 Å². The molecule has 0 aliphatic carbocycles. The summed E-state index contributed by atoms with van der Waals surface area (Å²) in [5, 5.41) is 0. The van der Waals surface area contributed by atoms with Gasteiger partial charge in [0, 0.05) is 25.6 Å². The number of aldehydes is 2. The monoisotopic (exact) mass is 340 g/mol. The predicted molar refractivity (Wildman–Crippen MR) is 88.6 cm³/mol. The van der Waals surface area contributed by atoms with Gasteiger partial charge in [-0.3, -0.25) is 18.8 Å². The third-order valence-electron chi connectivity index (χ3n) is 3.77. The Hall–Kier alpha value is -1.73. The molecule has 1 amide bonds. The number of carbonyl (C=O) groups excluding carboxylic acids is 3. The van der Waals surface area contributed by atoms with Crippen molar-refractivity contribution in [3.63, 3.8) is 0 Å². The summed E-state index contributed by atoms with van der Waals surface area (Å²) in [5.41, 5.74) is 2.33. The number of benzene rings is 1. The minimum Gasteiger partial charge on any atom is -0.303 e. The average Bonchev–Trinajstić information content (AvgIpc) is 2.55. The van der Waals surface area contributed by atoms with Gasteiger partial charge in [-0.2, -0.15) is 0 Å². The van der Waals surface area contributed by atoms with Crippen LogP contribution >= 0.6 is 12.3 Å². The van der Waals surface area contributed by atoms with Crippen LogP contribution < -0.4 is 0 Å². The topological polar surface area (TPSA) is 57.7 Å². The number of amides is 1. The second kappa shape index (κ2) is 9.42. The second-order valence-electron chi connectivity index (χ2n) is 5.34. The molecule has 0 aromatic heterocycles. The van der Waals surface area contributed by atoms with E-state index in [2.05, 4.69) is 0 Å². The fourth-order valence-corrected chi connectivity index (χ4v) is 2.60. The van der Waals surface area contributed by atoms with E-state index in [0.29, 0.717) is 18.5 Å². The summed E-state index contributed by atoms with van der Waals surface area (Å²) in [6, 6.07) is 4.77. The molecule has 5 nitrogen and oxygen atoms in total. The molecule has 0 radical (unpaired) electrons. The molecular formula is C16H21FN2O3S. The third kappa shape index (κ3) is 5.14. The van der Waals surface area contributed by atoms with Crippen LogP contribution in [-0.4, -0.2) is 47.8 Å². The number of carbonyl (C=O) groups is 3. The van der Waals surface area contributed by atoms with Crippen molar-refractivity contribution >= 4 is 30.8 Å². The van der Waals surface area contributed by atoms with E-state index in [4.69, 9.17) is 0 Å². The molecule has 0 saturated carbocycles. The van der Waals surface area contributed by atoms with Crippen LogP contribution in [-0.2, 0) is 16.1 Å². The molecule has 0 heterocycles. The van der Waals surface area contributed by atoms with Crippen molar-refractivity contribution in [3.05, 3.63) is 34.9 Å². The molecule has 0 fully saturated rings. The summed E-state index contributed by atoms with van der Waals surface area (Å²) in [4.78, 5) is 35.9. The number of nitrogens with zero attached hydrogens (tertiary/aromatic N) is 2. The van der Waals surface area contributed by atoms with Gasteiger partial charge >= 0.3 is 0 Å². The lowest BCUT2D eigenvalue weighted by molar-refractivity contribution is -0.131. The van der Waals surface area contributed by atoms with E-state index < -0.39 is 11.9 Å². The molecular weight excluding hydrogens is 319 g/mol. The van der Waals surface area contributed by atoms with Crippen LogP contribution in [0.5, 0.6) is 0 Å². The number of halogens is 1. The largest absolute Gasteiger partial charge is 0.303 e. The summed E-state index contributed by atoms with van der Waals surface area (Å²) < 4.78 is 13.6. The van der Waals surface area contributed by atoms with Crippen LogP contribution in [0, 0.1) is 6.92 Å². The lowest BCUT2D eigenvalue weighted by Gasteiger charge is -2.29. The van der Waals surface area contributed by atoms with Gasteiger partial charge in [-0.15, -0.1) is 3.89 Å². The molecule has 23 heavy (non-hydrogen) atoms. The summed E-state index contributed by atoms with van der Waals surface area (Å²) in [5.74, 6) is -0.414. The molecule has 0 aliphatic rings. The smallest absolute Gasteiger partial charge is 0.251 e. The first-order chi connectivity index (χ1) is 11.0. The number of aryl methyl sites for hydroxylation is 1. The standard InChI is InChI=1S/C16H21FN2O3S/c1-12-6-4-7-13(11-21)14(12)10-18(2)15(8-5-9-20)16(22)19(3)23-17/h4,6-7,9,11,15H,5,8,10H2,1-3H3. The van der Waals surface area contributed by atoms with Crippen LogP contribution in [0.25, 0.3) is 0 Å². The number of hydrogen-bond donors (Lipinski definition) is 0. The molecule has 1 aromatic carbocycles. The minimum atomic E-state index is -0.632. The summed E-state index contributed by atoms with van der Waals surface area (Å²) in [6.45, 7) is 2.25. The summed E-state index contributed by atoms with van der Waals surface area (Å²) >= 11 is -0.158. The fraction of sp³-hybridized carbons (Fsp3) is 0.438. The van der Waals surface area contributed by atoms with Crippen molar-refractivity contribution < 1.29 is 18.3 Å². The molecule has 0 saturated heterocycles. The Labute approximate surface area is 140 Å². The Morgan fingerprint density at radius 1 is 1.35 bits per heavy atom. The summed E-state index contributed by atoms with van der Waals surface area (Å²) in [6.07, 6.45) is 2.02. The average molecular weight is 340 g/mol. The first kappa shape index (κ1) is 19.3. The fourth-order valence-electron chi connectivity index (χ4n) is 2.41. The van der Waals surface area contributed by atoms with Gasteiger partial charge in [-0.1, -0.05) is 18.2 Å². The van der Waals surface area contributed by atoms with E-state index in [1.165, 1.54) is 7.05 Å². The lowest BCUT2D eigenvalue weighted by atomic mass is 10.0. The van der Waals surface area contributed by atoms with Gasteiger partial charge in [0.15, 0.2) is 12.3 Å². The Balaban J connectivity index is 3.01. The Morgan fingerprint density at radius 2 is 2.04 bits per heavy atom. The van der Waals surface area contributed by atoms with Crippen molar-refractivity contribution in [3.8, 4) is 0 Å². The molecule has 0 spiro atoms. The maximum Gasteiger partial charge on any atom is 0.251 e. The lowest BCUT2D eigenvalue weighted by Crippen LogP contribution is -2.43. The van der Waals surface area contributed by atoms with E-state index in [1.54, 1.807) is 24.1 Å². The summed E-state index contributed by atoms with van der Waals surface area (Å²) in [7, 11) is 3.07. The van der Waals surface area contributed by atoms with E-state index in [0.717, 1.165) is 28.0 Å². The van der Waals surface area contributed by atoms with Crippen molar-refractivity contribution in [2.45, 2.75) is 32.4 Å². The number of likely N-dealkylation sites (N-methyl/N-ethyl adjacent to an activating group) is 2. The van der Waals surface area contributed by atoms with E-state index >= 15 is 0 Å². The molecule has 0 bridgehead atoms. The highest BCUT2D eigenvalue weighted by atomic mass is 32.2. The van der Waals surface area contributed by atoms with E-state index in [9.17, 15) is 18.3 Å². The molecule has 7 heteroatoms. The van der Waals surface area contributed by atoms with Crippen molar-refractivity contribution in [2.75, 3.05) is 14.1 Å². The number of rotatable bonds is 9. The maximum absolute atomic E-state index is 12.7. The van der Waals surface area contributed by atoms with Crippen molar-refractivity contribution in [1.29, 1.82) is 0 Å². The van der Waals surface area contributed by atoms with Crippen molar-refractivity contribution in [2.24, 2.45) is 0 Å². The zero-order valence-electron chi connectivity index (χ0n) is 13.5. The molecule has 1 atom stereocenters. The van der Waals surface area contributed by atoms with Crippen LogP contribution in [0.15, 0.2) is 18.2 Å². The second-order valence-corrected chi connectivity index (χ2v) is 6.03. The molecule has 126 valence electrons. The van der Waals surface area contributed by atoms with Gasteiger partial charge in [0.05, 0.1) is 6.04 Å². The zero-order chi connectivity index (χ0) is 17.4. The molecule has 1 rings (SSSR count). The zero-order valence-corrected chi connectivity index (χ0v) is 14.3. The van der Waals surface area contributed by atoms with Crippen molar-refractivity contribution in [1.82, 2.24) is 9.21 Å². The maximum atomic E-state index is 12.7. The van der Waals surface area contributed by atoms with Crippen LogP contribution in [0.4, 0.5) is 3.89 Å². The van der Waals surface area contributed by atoms with Gasteiger partial charge in [0.2, 0.25) is 0 Å². The van der Waals surface area contributed by atoms with Crippen LogP contribution in [0.3, 0.4) is 0 Å². The number of hydrogen-bond acceptors (Lipinski definition) is 5. The molecule has 1 aromatic rings. The first-order valence-corrected chi connectivity index (χ1v) is 7.87. The Bertz CT molecular complexity index is 568. The van der Waals surface area contributed by atoms with Crippen LogP contribution in [0.1, 0.15) is 34.3 Å². The van der Waals surface area contributed by atoms with Crippen LogP contribution in [0.2, 0.25) is 0 Å². The van der Waals surface area contributed by atoms with Gasteiger partial charge in [0.1, 0.15) is 12.6 Å². The predicted octanol–water partition coefficient (Wildman–Crippen LogP) is 2.58. The molecule has 1 unspecified atom stereocenters. The quantitative estimate of drug-likeness (QED) is 0.511. The Morgan fingerprint density at radius 3 is 2.61 bits per heavy atom. The highest BCUT2D eigenvalue weighted by molar-refractivity contribution is 7.92. The molecule has 0 aliphatic heterocycles. The van der Waals surface area contributed by atoms with Gasteiger partial charge in [-0.05, 0) is 31.5 Å². The highest BCUT2D eigenvalue weighted by Gasteiger charge is 2.27. The van der Waals surface area contributed by atoms with E-state index in [1.807, 2.05) is 13.0 Å². The van der Waals surface area contributed by atoms with Gasteiger partial charge in [0.25, 0.3) is 5.91 Å². The molecule has 0 N–H and O–H groups in total. The first-order valence-electron chi connectivity index (χ1n) is 7.20. The minimum absolute atomic E-state index is 0.158. The third-order valence-corrected chi connectivity index (χ3v) is 4.16.